The third-order valence-corrected chi connectivity index (χ3v) is 13.8. The van der Waals surface area contributed by atoms with Gasteiger partial charge in [0.15, 0.2) is 0 Å². The first-order valence-electron chi connectivity index (χ1n) is 21.4. The fourth-order valence-corrected chi connectivity index (χ4v) is 11.9. The first-order valence-corrected chi connectivity index (χ1v) is 22.1. The predicted molar refractivity (Wildman–Crippen MR) is 259 cm³/mol. The van der Waals surface area contributed by atoms with Crippen molar-refractivity contribution in [3.63, 3.8) is 0 Å². The first kappa shape index (κ1) is 39.1. The highest BCUT2D eigenvalue weighted by atomic mass is 79.9. The molecule has 0 saturated carbocycles. The molecule has 3 aliphatic heterocycles. The fourth-order valence-electron chi connectivity index (χ4n) is 11.2. The van der Waals surface area contributed by atoms with Gasteiger partial charge in [-0.3, -0.25) is 4.40 Å². The highest BCUT2D eigenvalue weighted by Gasteiger charge is 2.33. The quantitative estimate of drug-likeness (QED) is 0.183. The smallest absolute Gasteiger partial charge is 0.147 e. The van der Waals surface area contributed by atoms with Crippen LogP contribution in [0.4, 0.5) is 0 Å². The van der Waals surface area contributed by atoms with E-state index < -0.39 is 0 Å². The number of rotatable bonds is 4. The van der Waals surface area contributed by atoms with Gasteiger partial charge < -0.3 is 4.98 Å². The van der Waals surface area contributed by atoms with Gasteiger partial charge in [-0.2, -0.15) is 0 Å². The second-order valence-electron chi connectivity index (χ2n) is 18.0. The van der Waals surface area contributed by atoms with Crippen molar-refractivity contribution >= 4 is 48.4 Å². The van der Waals surface area contributed by atoms with Crippen LogP contribution < -0.4 is 16.2 Å². The van der Waals surface area contributed by atoms with E-state index in [1.165, 1.54) is 94.6 Å². The molecule has 0 spiro atoms. The summed E-state index contributed by atoms with van der Waals surface area (Å²) in [6.07, 6.45) is 4.46. The second-order valence-corrected chi connectivity index (χ2v) is 18.8. The minimum absolute atomic E-state index is 0.926. The van der Waals surface area contributed by atoms with Crippen LogP contribution in [0.25, 0.3) is 37.8 Å². The van der Waals surface area contributed by atoms with Crippen molar-refractivity contribution in [1.29, 1.82) is 0 Å². The van der Waals surface area contributed by atoms with Crippen molar-refractivity contribution in [3.8, 4) is 11.1 Å². The average Bonchev–Trinajstić information content (AvgIpc) is 4.00. The van der Waals surface area contributed by atoms with Crippen molar-refractivity contribution in [3.05, 3.63) is 207 Å². The fraction of sp³-hybridized carbons (Fsp3) is 0.214. The molecule has 3 aliphatic rings. The van der Waals surface area contributed by atoms with E-state index in [1.54, 1.807) is 0 Å². The van der Waals surface area contributed by atoms with Gasteiger partial charge in [-0.15, -0.1) is 0 Å². The number of aromatic amines is 1. The molecule has 4 nitrogen and oxygen atoms in total. The monoisotopic (exact) mass is 858 g/mol. The number of aromatic nitrogens is 2. The molecule has 3 aromatic heterocycles. The number of aryl methyl sites for hydroxylation is 12. The molecule has 5 heteroatoms. The summed E-state index contributed by atoms with van der Waals surface area (Å²) in [5.41, 5.74) is 31.3. The molecule has 6 heterocycles. The molecule has 0 unspecified atom stereocenters. The van der Waals surface area contributed by atoms with Gasteiger partial charge in [0.05, 0.1) is 32.8 Å². The van der Waals surface area contributed by atoms with Gasteiger partial charge in [0.1, 0.15) is 5.49 Å². The Kier molecular flexibility index (Phi) is 8.98. The van der Waals surface area contributed by atoms with Crippen molar-refractivity contribution in [2.24, 2.45) is 9.98 Å². The van der Waals surface area contributed by atoms with Crippen LogP contribution in [0.5, 0.6) is 0 Å². The van der Waals surface area contributed by atoms with Gasteiger partial charge in [-0.25, -0.2) is 9.98 Å². The lowest BCUT2D eigenvalue weighted by Gasteiger charge is -2.18. The van der Waals surface area contributed by atoms with Crippen LogP contribution in [0.1, 0.15) is 94.7 Å². The summed E-state index contributed by atoms with van der Waals surface area (Å²) in [4.78, 5) is 15.5. The Morgan fingerprint density at radius 1 is 0.443 bits per heavy atom. The lowest BCUT2D eigenvalue weighted by atomic mass is 9.90. The number of aliphatic imine (C=N–C) groups is 1. The van der Waals surface area contributed by atoms with Crippen LogP contribution >= 0.6 is 15.9 Å². The molecule has 6 bridgehead atoms. The highest BCUT2D eigenvalue weighted by Crippen LogP contribution is 2.47. The molecule has 10 rings (SSSR count). The molecular formula is C56H51BrN4. The molecule has 0 radical (unpaired) electrons. The van der Waals surface area contributed by atoms with Crippen LogP contribution in [-0.4, -0.2) is 15.1 Å². The number of benzene rings is 4. The minimum atomic E-state index is 0.926. The van der Waals surface area contributed by atoms with E-state index in [9.17, 15) is 0 Å². The Balaban J connectivity index is 1.46. The van der Waals surface area contributed by atoms with E-state index in [4.69, 9.17) is 9.98 Å². The molecular weight excluding hydrogens is 809 g/mol. The summed E-state index contributed by atoms with van der Waals surface area (Å²) in [7, 11) is 0. The summed E-state index contributed by atoms with van der Waals surface area (Å²) in [6.45, 7) is 26.7. The molecule has 0 saturated heterocycles. The molecule has 7 aromatic rings. The molecule has 1 N–H and O–H groups in total. The summed E-state index contributed by atoms with van der Waals surface area (Å²) in [5.74, 6) is 0. The van der Waals surface area contributed by atoms with E-state index in [0.29, 0.717) is 0 Å². The molecule has 302 valence electrons. The van der Waals surface area contributed by atoms with Crippen LogP contribution in [0.3, 0.4) is 0 Å². The lowest BCUT2D eigenvalue weighted by Crippen LogP contribution is -2.21. The number of hydrogen-bond acceptors (Lipinski definition) is 2. The normalized spacial score (nSPS) is 14.6. The summed E-state index contributed by atoms with van der Waals surface area (Å²) >= 11 is 4.32. The maximum absolute atomic E-state index is 5.83. The van der Waals surface area contributed by atoms with Crippen molar-refractivity contribution < 1.29 is 0 Å². The number of halogens is 1. The predicted octanol–water partition coefficient (Wildman–Crippen LogP) is 11.9. The Morgan fingerprint density at radius 3 is 1.39 bits per heavy atom. The maximum atomic E-state index is 5.83. The molecule has 0 amide bonds. The van der Waals surface area contributed by atoms with Crippen molar-refractivity contribution in [1.82, 2.24) is 9.38 Å². The zero-order valence-electron chi connectivity index (χ0n) is 37.3. The molecule has 0 fully saturated rings. The van der Waals surface area contributed by atoms with E-state index in [1.807, 2.05) is 0 Å². The van der Waals surface area contributed by atoms with Crippen LogP contribution in [0.15, 0.2) is 106 Å². The maximum Gasteiger partial charge on any atom is 0.147 e. The summed E-state index contributed by atoms with van der Waals surface area (Å²) in [5, 5.41) is 2.04. The SMILES string of the molecule is Cc1cc(C)c(C2=C3C=CC(=N3)C(c3c(C)cc(C)cc3C)=c3ccc([nH]3)=C(c3c(C)cc(C)cc3C)C3=C(Br)c4c(-c5c(C)cc(C)cc5C)c5ccc2n5c4=N3)c(C)c1. The van der Waals surface area contributed by atoms with Gasteiger partial charge >= 0.3 is 0 Å². The molecule has 61 heavy (non-hydrogen) atoms. The largest absolute Gasteiger partial charge is 0.354 e. The summed E-state index contributed by atoms with van der Waals surface area (Å²) < 4.78 is 3.43. The van der Waals surface area contributed by atoms with Gasteiger partial charge in [-0.1, -0.05) is 70.8 Å². The number of hydrogen-bond donors (Lipinski definition) is 1. The van der Waals surface area contributed by atoms with Crippen LogP contribution in [0.2, 0.25) is 0 Å². The van der Waals surface area contributed by atoms with Gasteiger partial charge in [0, 0.05) is 38.5 Å². The molecule has 0 aliphatic carbocycles. The van der Waals surface area contributed by atoms with Gasteiger partial charge in [0.2, 0.25) is 0 Å². The number of nitrogens with one attached hydrogen (secondary N) is 1. The van der Waals surface area contributed by atoms with E-state index in [-0.39, 0.29) is 0 Å². The zero-order valence-corrected chi connectivity index (χ0v) is 38.9. The first-order chi connectivity index (χ1) is 29.1. The standard InChI is InChI=1S/C56H51BrN4/c1-27-19-31(5)45(32(6)20-27)49-39-13-15-41(58-39)50(46-33(7)21-28(2)22-34(46)8)43-17-18-44-52(48-37(11)25-30(4)26-38(48)12)53-54(57)55(60-56(53)61(43)44)51(42-16-14-40(49)59-42)47-35(9)23-29(3)24-36(47)10/h13-26,59H,1-12H3. The Hall–Kier alpha value is -6.04. The number of fused-ring (bicyclic) bond motifs is 4. The van der Waals surface area contributed by atoms with Crippen molar-refractivity contribution in [2.45, 2.75) is 83.1 Å². The molecule has 0 atom stereocenters. The highest BCUT2D eigenvalue weighted by molar-refractivity contribution is 9.15. The molecule has 4 aromatic carbocycles. The Bertz CT molecular complexity index is 3390. The summed E-state index contributed by atoms with van der Waals surface area (Å²) in [6, 6.07) is 27.5. The average molecular weight is 860 g/mol. The second kappa shape index (κ2) is 14.0. The topological polar surface area (TPSA) is 44.9 Å². The third-order valence-electron chi connectivity index (χ3n) is 13.0. The van der Waals surface area contributed by atoms with Crippen LogP contribution in [-0.2, 0) is 0 Å². The van der Waals surface area contributed by atoms with Gasteiger partial charge in [0.25, 0.3) is 0 Å². The van der Waals surface area contributed by atoms with E-state index >= 15 is 0 Å². The number of H-pyrrole nitrogens is 1. The van der Waals surface area contributed by atoms with Gasteiger partial charge in [-0.05, 0) is 202 Å². The minimum Gasteiger partial charge on any atom is -0.354 e. The van der Waals surface area contributed by atoms with Crippen LogP contribution in [0, 0.1) is 83.1 Å². The third kappa shape index (κ3) is 5.91. The lowest BCUT2D eigenvalue weighted by molar-refractivity contribution is 1.06. The number of allylic oxidation sites excluding steroid dienone is 3. The number of nitrogens with zero attached hydrogens (tertiary/aromatic N) is 3. The Labute approximate surface area is 367 Å². The van der Waals surface area contributed by atoms with Crippen molar-refractivity contribution in [2.75, 3.05) is 0 Å². The van der Waals surface area contributed by atoms with E-state index in [2.05, 4.69) is 193 Å². The van der Waals surface area contributed by atoms with E-state index in [0.717, 1.165) is 71.3 Å². The zero-order chi connectivity index (χ0) is 42.9. The Morgan fingerprint density at radius 2 is 0.885 bits per heavy atom.